The van der Waals surface area contributed by atoms with E-state index in [-0.39, 0.29) is 13.0 Å². The Labute approximate surface area is 121 Å². The number of hydrogen-bond donors (Lipinski definition) is 1. The number of nitrogens with zero attached hydrogens (tertiary/aromatic N) is 1. The molecule has 112 valence electrons. The van der Waals surface area contributed by atoms with Gasteiger partial charge in [-0.2, -0.15) is 13.2 Å². The van der Waals surface area contributed by atoms with Gasteiger partial charge in [0.05, 0.1) is 12.0 Å². The van der Waals surface area contributed by atoms with Crippen LogP contribution in [0.4, 0.5) is 18.9 Å². The van der Waals surface area contributed by atoms with Crippen LogP contribution in [0.5, 0.6) is 0 Å². The first-order valence-electron chi connectivity index (χ1n) is 6.58. The second-order valence-corrected chi connectivity index (χ2v) is 5.62. The van der Waals surface area contributed by atoms with E-state index in [1.54, 1.807) is 30.0 Å². The predicted molar refractivity (Wildman–Crippen MR) is 73.1 cm³/mol. The maximum atomic E-state index is 12.8. The van der Waals surface area contributed by atoms with Gasteiger partial charge < -0.3 is 10.0 Å². The van der Waals surface area contributed by atoms with Crippen molar-refractivity contribution in [1.82, 2.24) is 0 Å². The van der Waals surface area contributed by atoms with E-state index in [1.807, 2.05) is 0 Å². The molecular weight excluding hydrogens is 291 g/mol. The third-order valence-corrected chi connectivity index (χ3v) is 4.01. The highest BCUT2D eigenvalue weighted by Gasteiger charge is 2.41. The summed E-state index contributed by atoms with van der Waals surface area (Å²) in [4.78, 5) is 1.71. The summed E-state index contributed by atoms with van der Waals surface area (Å²) in [6, 6.07) is 5.01. The van der Waals surface area contributed by atoms with Gasteiger partial charge in [0.25, 0.3) is 0 Å². The number of piperidine rings is 1. The Morgan fingerprint density at radius 2 is 2.10 bits per heavy atom. The van der Waals surface area contributed by atoms with Crippen molar-refractivity contribution in [1.29, 1.82) is 0 Å². The molecule has 1 fully saturated rings. The highest BCUT2D eigenvalue weighted by molar-refractivity contribution is 6.31. The van der Waals surface area contributed by atoms with Gasteiger partial charge in [-0.15, -0.1) is 0 Å². The first kappa shape index (κ1) is 15.4. The molecule has 1 aliphatic rings. The number of halogens is 4. The maximum absolute atomic E-state index is 12.8. The molecule has 1 aliphatic heterocycles. The molecule has 2 nitrogen and oxygen atoms in total. The molecule has 1 aromatic carbocycles. The van der Waals surface area contributed by atoms with Crippen LogP contribution in [-0.2, 0) is 0 Å². The van der Waals surface area contributed by atoms with Gasteiger partial charge in [0.2, 0.25) is 0 Å². The lowest BCUT2D eigenvalue weighted by molar-refractivity contribution is -0.175. The highest BCUT2D eigenvalue weighted by atomic mass is 35.5. The van der Waals surface area contributed by atoms with E-state index in [0.29, 0.717) is 29.2 Å². The van der Waals surface area contributed by atoms with Crippen LogP contribution in [0, 0.1) is 5.92 Å². The third kappa shape index (κ3) is 3.38. The standard InChI is InChI=1S/C14H17ClF3NO/c1-9(20)12-5-4-11(7-13(12)15)19-6-2-3-10(8-19)14(16,17)18/h4-5,7,9-10,20H,2-3,6,8H2,1H3. The first-order chi connectivity index (χ1) is 9.29. The average molecular weight is 308 g/mol. The van der Waals surface area contributed by atoms with Crippen molar-refractivity contribution >= 4 is 17.3 Å². The molecule has 0 amide bonds. The Bertz CT molecular complexity index is 476. The number of rotatable bonds is 2. The van der Waals surface area contributed by atoms with Gasteiger partial charge in [-0.3, -0.25) is 0 Å². The lowest BCUT2D eigenvalue weighted by Gasteiger charge is -2.35. The minimum absolute atomic E-state index is 0.0339. The highest BCUT2D eigenvalue weighted by Crippen LogP contribution is 2.36. The Morgan fingerprint density at radius 1 is 1.40 bits per heavy atom. The Kier molecular flexibility index (Phi) is 4.49. The monoisotopic (exact) mass is 307 g/mol. The van der Waals surface area contributed by atoms with Crippen LogP contribution in [0.25, 0.3) is 0 Å². The molecular formula is C14H17ClF3NO. The van der Waals surface area contributed by atoms with Gasteiger partial charge in [0.1, 0.15) is 0 Å². The van der Waals surface area contributed by atoms with Gasteiger partial charge in [-0.1, -0.05) is 17.7 Å². The Hall–Kier alpha value is -0.940. The van der Waals surface area contributed by atoms with Crippen molar-refractivity contribution < 1.29 is 18.3 Å². The van der Waals surface area contributed by atoms with Crippen molar-refractivity contribution in [3.8, 4) is 0 Å². The topological polar surface area (TPSA) is 23.5 Å². The summed E-state index contributed by atoms with van der Waals surface area (Å²) in [5.41, 5.74) is 1.26. The summed E-state index contributed by atoms with van der Waals surface area (Å²) in [7, 11) is 0. The molecule has 0 radical (unpaired) electrons. The minimum atomic E-state index is -4.15. The van der Waals surface area contributed by atoms with Gasteiger partial charge in [-0.25, -0.2) is 0 Å². The van der Waals surface area contributed by atoms with Crippen LogP contribution in [-0.4, -0.2) is 24.4 Å². The van der Waals surface area contributed by atoms with Crippen LogP contribution in [0.15, 0.2) is 18.2 Å². The van der Waals surface area contributed by atoms with Crippen molar-refractivity contribution in [2.45, 2.75) is 32.0 Å². The van der Waals surface area contributed by atoms with Crippen LogP contribution >= 0.6 is 11.6 Å². The van der Waals surface area contributed by atoms with Crippen molar-refractivity contribution in [2.24, 2.45) is 5.92 Å². The number of aliphatic hydroxyl groups is 1. The molecule has 1 N–H and O–H groups in total. The van der Waals surface area contributed by atoms with Crippen molar-refractivity contribution in [3.63, 3.8) is 0 Å². The second-order valence-electron chi connectivity index (χ2n) is 5.21. The lowest BCUT2D eigenvalue weighted by Crippen LogP contribution is -2.41. The normalized spacial score (nSPS) is 21.9. The SMILES string of the molecule is CC(O)c1ccc(N2CCCC(C(F)(F)F)C2)cc1Cl. The zero-order chi connectivity index (χ0) is 14.9. The van der Waals surface area contributed by atoms with E-state index in [2.05, 4.69) is 0 Å². The van der Waals surface area contributed by atoms with E-state index in [4.69, 9.17) is 11.6 Å². The summed E-state index contributed by atoms with van der Waals surface area (Å²) >= 11 is 6.06. The summed E-state index contributed by atoms with van der Waals surface area (Å²) in [6.45, 7) is 2.16. The molecule has 6 heteroatoms. The van der Waals surface area contributed by atoms with Gasteiger partial charge in [0.15, 0.2) is 0 Å². The zero-order valence-corrected chi connectivity index (χ0v) is 11.9. The molecule has 20 heavy (non-hydrogen) atoms. The minimum Gasteiger partial charge on any atom is -0.389 e. The number of anilines is 1. The molecule has 1 heterocycles. The van der Waals surface area contributed by atoms with Gasteiger partial charge in [0, 0.05) is 23.8 Å². The summed E-state index contributed by atoms with van der Waals surface area (Å²) in [5.74, 6) is -1.29. The van der Waals surface area contributed by atoms with Crippen LogP contribution in [0.1, 0.15) is 31.4 Å². The molecule has 2 unspecified atom stereocenters. The van der Waals surface area contributed by atoms with E-state index < -0.39 is 18.2 Å². The fourth-order valence-electron chi connectivity index (χ4n) is 2.53. The molecule has 1 aromatic rings. The molecule has 1 saturated heterocycles. The van der Waals surface area contributed by atoms with Crippen molar-refractivity contribution in [2.75, 3.05) is 18.0 Å². The molecule has 0 aromatic heterocycles. The third-order valence-electron chi connectivity index (χ3n) is 3.68. The Morgan fingerprint density at radius 3 is 2.65 bits per heavy atom. The maximum Gasteiger partial charge on any atom is 0.393 e. The average Bonchev–Trinajstić information content (AvgIpc) is 2.37. The number of benzene rings is 1. The van der Waals surface area contributed by atoms with Gasteiger partial charge >= 0.3 is 6.18 Å². The van der Waals surface area contributed by atoms with Crippen LogP contribution < -0.4 is 4.90 Å². The van der Waals surface area contributed by atoms with Gasteiger partial charge in [-0.05, 0) is 37.5 Å². The predicted octanol–water partition coefficient (Wildman–Crippen LogP) is 4.17. The number of alkyl halides is 3. The Balaban J connectivity index is 2.17. The van der Waals surface area contributed by atoms with Crippen LogP contribution in [0.2, 0.25) is 5.02 Å². The lowest BCUT2D eigenvalue weighted by atomic mass is 9.97. The summed E-state index contributed by atoms with van der Waals surface area (Å²) in [5, 5.41) is 9.89. The van der Waals surface area contributed by atoms with Crippen LogP contribution in [0.3, 0.4) is 0 Å². The summed E-state index contributed by atoms with van der Waals surface area (Å²) < 4.78 is 38.4. The number of hydrogen-bond acceptors (Lipinski definition) is 2. The van der Waals surface area contributed by atoms with Crippen molar-refractivity contribution in [3.05, 3.63) is 28.8 Å². The zero-order valence-electron chi connectivity index (χ0n) is 11.1. The van der Waals surface area contributed by atoms with E-state index in [9.17, 15) is 18.3 Å². The molecule has 2 rings (SSSR count). The fourth-order valence-corrected chi connectivity index (χ4v) is 2.86. The van der Waals surface area contributed by atoms with E-state index >= 15 is 0 Å². The van der Waals surface area contributed by atoms with E-state index in [1.165, 1.54) is 0 Å². The largest absolute Gasteiger partial charge is 0.393 e. The molecule has 0 bridgehead atoms. The second kappa shape index (κ2) is 5.82. The molecule has 0 spiro atoms. The fraction of sp³-hybridized carbons (Fsp3) is 0.571. The first-order valence-corrected chi connectivity index (χ1v) is 6.96. The van der Waals surface area contributed by atoms with E-state index in [0.717, 1.165) is 0 Å². The number of aliphatic hydroxyl groups excluding tert-OH is 1. The molecule has 0 saturated carbocycles. The smallest absolute Gasteiger partial charge is 0.389 e. The molecule has 0 aliphatic carbocycles. The quantitative estimate of drug-likeness (QED) is 0.886. The molecule has 2 atom stereocenters. The summed E-state index contributed by atoms with van der Waals surface area (Å²) in [6.07, 6.45) is -4.15.